The molecular weight excluding hydrogens is 671 g/mol. The van der Waals surface area contributed by atoms with Crippen molar-refractivity contribution in [2.24, 2.45) is 51.2 Å². The summed E-state index contributed by atoms with van der Waals surface area (Å²) in [5.74, 6) is 3.40. The minimum atomic E-state index is -2.87. The predicted molar refractivity (Wildman–Crippen MR) is 209 cm³/mol. The van der Waals surface area contributed by atoms with Crippen LogP contribution in [0.4, 0.5) is 0 Å². The van der Waals surface area contributed by atoms with E-state index in [-0.39, 0.29) is 33.2 Å². The summed E-state index contributed by atoms with van der Waals surface area (Å²) >= 11 is 0. The van der Waals surface area contributed by atoms with Crippen LogP contribution in [0.1, 0.15) is 108 Å². The molecule has 0 aromatic heterocycles. The van der Waals surface area contributed by atoms with Crippen LogP contribution in [0.25, 0.3) is 5.57 Å². The summed E-state index contributed by atoms with van der Waals surface area (Å²) in [7, 11) is 0.540. The van der Waals surface area contributed by atoms with Gasteiger partial charge in [-0.1, -0.05) is 52.8 Å². The predicted octanol–water partition coefficient (Wildman–Crippen LogP) is 6.81. The third-order valence-corrected chi connectivity index (χ3v) is 18.3. The van der Waals surface area contributed by atoms with E-state index in [1.54, 1.807) is 0 Å². The van der Waals surface area contributed by atoms with Gasteiger partial charge < -0.3 is 19.7 Å². The molecule has 1 saturated heterocycles. The van der Waals surface area contributed by atoms with E-state index in [1.165, 1.54) is 69.6 Å². The van der Waals surface area contributed by atoms with Crippen molar-refractivity contribution in [1.82, 2.24) is 15.5 Å². The van der Waals surface area contributed by atoms with Crippen molar-refractivity contribution in [1.29, 1.82) is 0 Å². The SMILES string of the molecule is CNCOC[C@@H]1CC[C@]2(NCCN3CCS(=O)(=O)CC3)CC[C@]3(C)C(CC[C@@H]4[C@@]5(C)CC=C(c6ccc(C(=O)OC)cc6)C(C)(C)[C@@H]5CC[C@]43C)[C@@H]12. The second-order valence-corrected chi connectivity index (χ2v) is 21.4. The number of hydrogen-bond acceptors (Lipinski definition) is 8. The summed E-state index contributed by atoms with van der Waals surface area (Å²) in [5.41, 5.74) is 4.22. The molecule has 9 heteroatoms. The highest BCUT2D eigenvalue weighted by molar-refractivity contribution is 7.91. The normalized spacial score (nSPS) is 40.8. The van der Waals surface area contributed by atoms with Crippen LogP contribution < -0.4 is 10.6 Å². The molecule has 0 amide bonds. The molecule has 0 bridgehead atoms. The lowest BCUT2D eigenvalue weighted by atomic mass is 9.33. The number of sulfone groups is 1. The van der Waals surface area contributed by atoms with Crippen molar-refractivity contribution in [3.63, 3.8) is 0 Å². The van der Waals surface area contributed by atoms with Gasteiger partial charge in [-0.15, -0.1) is 0 Å². The van der Waals surface area contributed by atoms with E-state index in [2.05, 4.69) is 68.4 Å². The zero-order chi connectivity index (χ0) is 37.2. The van der Waals surface area contributed by atoms with Crippen LogP contribution in [0.2, 0.25) is 0 Å². The number of carbonyl (C=O) groups is 1. The first-order valence-corrected chi connectivity index (χ1v) is 22.3. The van der Waals surface area contributed by atoms with Gasteiger partial charge in [0, 0.05) is 31.7 Å². The fraction of sp³-hybridized carbons (Fsp3) is 0.791. The van der Waals surface area contributed by atoms with Crippen molar-refractivity contribution in [3.8, 4) is 0 Å². The topological polar surface area (TPSA) is 97.0 Å². The Morgan fingerprint density at radius 3 is 2.33 bits per heavy atom. The number of nitrogens with one attached hydrogen (secondary N) is 2. The van der Waals surface area contributed by atoms with E-state index in [1.807, 2.05) is 19.2 Å². The molecular formula is C43H67N3O5S. The summed E-state index contributed by atoms with van der Waals surface area (Å²) in [4.78, 5) is 14.5. The van der Waals surface area contributed by atoms with Crippen LogP contribution in [0, 0.1) is 51.2 Å². The molecule has 52 heavy (non-hydrogen) atoms. The lowest BCUT2D eigenvalue weighted by Crippen LogP contribution is -2.68. The van der Waals surface area contributed by atoms with Gasteiger partial charge in [-0.05, 0) is 139 Å². The Bertz CT molecular complexity index is 1610. The molecule has 1 heterocycles. The maximum atomic E-state index is 12.2. The minimum Gasteiger partial charge on any atom is -0.465 e. The van der Waals surface area contributed by atoms with Gasteiger partial charge in [0.2, 0.25) is 0 Å². The van der Waals surface area contributed by atoms with Crippen molar-refractivity contribution in [2.75, 3.05) is 65.2 Å². The van der Waals surface area contributed by atoms with Gasteiger partial charge in [-0.2, -0.15) is 0 Å². The number of nitrogens with zero attached hydrogens (tertiary/aromatic N) is 1. The van der Waals surface area contributed by atoms with Crippen molar-refractivity contribution >= 4 is 21.4 Å². The average molecular weight is 738 g/mol. The monoisotopic (exact) mass is 737 g/mol. The van der Waals surface area contributed by atoms with Gasteiger partial charge in [-0.25, -0.2) is 13.2 Å². The summed E-state index contributed by atoms with van der Waals surface area (Å²) in [6.07, 6.45) is 13.8. The van der Waals surface area contributed by atoms with E-state index >= 15 is 0 Å². The van der Waals surface area contributed by atoms with Crippen molar-refractivity contribution in [3.05, 3.63) is 41.5 Å². The fourth-order valence-corrected chi connectivity index (χ4v) is 15.3. The number of ether oxygens (including phenoxy) is 2. The quantitative estimate of drug-likeness (QED) is 0.154. The number of benzene rings is 1. The molecule has 9 atom stereocenters. The van der Waals surface area contributed by atoms with Crippen LogP contribution in [-0.2, 0) is 19.3 Å². The highest BCUT2D eigenvalue weighted by Crippen LogP contribution is 2.76. The van der Waals surface area contributed by atoms with E-state index < -0.39 is 9.84 Å². The Labute approximate surface area is 314 Å². The standard InChI is InChI=1S/C43H67N3O5S/c1-39(2)33(30-8-10-31(11-9-30)38(47)50-7)15-17-40(3)35(39)16-18-42(5)36(40)13-12-34-37-32(28-51-29-44-6)14-19-43(37,21-20-41(34,42)4)45-22-23-46-24-26-52(48,49)27-25-46/h8-11,15,32,34-37,44-45H,12-14,16-29H2,1-7H3/t32-,34?,35-,36+,37+,40-,41+,42+,43-/m0/s1. The number of fused-ring (bicyclic) bond motifs is 7. The lowest BCUT2D eigenvalue weighted by molar-refractivity contribution is -0.221. The number of allylic oxidation sites excluding steroid dienone is 2. The summed E-state index contributed by atoms with van der Waals surface area (Å²) < 4.78 is 35.4. The summed E-state index contributed by atoms with van der Waals surface area (Å²) in [6.45, 7) is 17.7. The zero-order valence-corrected chi connectivity index (χ0v) is 34.0. The van der Waals surface area contributed by atoms with Gasteiger partial charge in [0.25, 0.3) is 0 Å². The Balaban J connectivity index is 1.14. The zero-order valence-electron chi connectivity index (χ0n) is 33.2. The molecule has 7 rings (SSSR count). The molecule has 1 aromatic carbocycles. The highest BCUT2D eigenvalue weighted by Gasteiger charge is 2.70. The molecule has 1 aromatic rings. The Kier molecular flexibility index (Phi) is 10.4. The number of esters is 1. The van der Waals surface area contributed by atoms with Gasteiger partial charge in [0.15, 0.2) is 9.84 Å². The van der Waals surface area contributed by atoms with E-state index in [9.17, 15) is 13.2 Å². The van der Waals surface area contributed by atoms with Crippen LogP contribution in [-0.4, -0.2) is 90.0 Å². The van der Waals surface area contributed by atoms with E-state index in [0.717, 1.165) is 26.1 Å². The maximum absolute atomic E-state index is 12.2. The van der Waals surface area contributed by atoms with Crippen LogP contribution in [0.3, 0.4) is 0 Å². The molecule has 4 saturated carbocycles. The van der Waals surface area contributed by atoms with Gasteiger partial charge in [0.05, 0.1) is 37.5 Å². The molecule has 2 N–H and O–H groups in total. The molecule has 6 aliphatic rings. The molecule has 5 aliphatic carbocycles. The van der Waals surface area contributed by atoms with Gasteiger partial charge >= 0.3 is 5.97 Å². The Hall–Kier alpha value is -1.78. The number of hydrogen-bond donors (Lipinski definition) is 2. The highest BCUT2D eigenvalue weighted by atomic mass is 32.2. The number of carbonyl (C=O) groups excluding carboxylic acids is 1. The third-order valence-electron chi connectivity index (χ3n) is 16.7. The lowest BCUT2D eigenvalue weighted by Gasteiger charge is -2.72. The molecule has 0 radical (unpaired) electrons. The molecule has 1 unspecified atom stereocenters. The second-order valence-electron chi connectivity index (χ2n) is 19.1. The van der Waals surface area contributed by atoms with Crippen LogP contribution >= 0.6 is 0 Å². The Morgan fingerprint density at radius 1 is 0.904 bits per heavy atom. The molecule has 290 valence electrons. The smallest absolute Gasteiger partial charge is 0.337 e. The average Bonchev–Trinajstić information content (AvgIpc) is 3.47. The Morgan fingerprint density at radius 2 is 1.63 bits per heavy atom. The molecule has 1 aliphatic heterocycles. The molecule has 5 fully saturated rings. The van der Waals surface area contributed by atoms with Crippen molar-refractivity contribution < 1.29 is 22.7 Å². The first kappa shape index (κ1) is 38.5. The van der Waals surface area contributed by atoms with Gasteiger partial charge in [-0.3, -0.25) is 5.32 Å². The molecule has 0 spiro atoms. The second kappa shape index (κ2) is 14.1. The molecule has 8 nitrogen and oxygen atoms in total. The van der Waals surface area contributed by atoms with E-state index in [0.29, 0.717) is 66.5 Å². The fourth-order valence-electron chi connectivity index (χ4n) is 14.0. The third kappa shape index (κ3) is 6.24. The first-order chi connectivity index (χ1) is 24.6. The van der Waals surface area contributed by atoms with E-state index in [4.69, 9.17) is 9.47 Å². The maximum Gasteiger partial charge on any atom is 0.337 e. The summed E-state index contributed by atoms with van der Waals surface area (Å²) in [6, 6.07) is 8.09. The van der Waals surface area contributed by atoms with Crippen LogP contribution in [0.15, 0.2) is 30.3 Å². The minimum absolute atomic E-state index is 0.0320. The summed E-state index contributed by atoms with van der Waals surface area (Å²) in [5, 5.41) is 7.43. The largest absolute Gasteiger partial charge is 0.465 e. The number of rotatable bonds is 10. The van der Waals surface area contributed by atoms with Crippen molar-refractivity contribution in [2.45, 2.75) is 97.9 Å². The van der Waals surface area contributed by atoms with Gasteiger partial charge in [0.1, 0.15) is 0 Å². The first-order valence-electron chi connectivity index (χ1n) is 20.4. The van der Waals surface area contributed by atoms with Crippen LogP contribution in [0.5, 0.6) is 0 Å². The number of methoxy groups -OCH3 is 1.